The van der Waals surface area contributed by atoms with Crippen molar-refractivity contribution in [1.82, 2.24) is 9.55 Å². The van der Waals surface area contributed by atoms with Gasteiger partial charge in [-0.3, -0.25) is 0 Å². The highest BCUT2D eigenvalue weighted by Crippen LogP contribution is 2.23. The van der Waals surface area contributed by atoms with Crippen LogP contribution in [0.3, 0.4) is 0 Å². The highest BCUT2D eigenvalue weighted by atomic mass is 79.9. The molecular formula is C11H12BrN3. The Hall–Kier alpha value is -1.13. The van der Waals surface area contributed by atoms with Crippen LogP contribution in [0.25, 0.3) is 5.69 Å². The molecule has 0 radical (unpaired) electrons. The molecule has 0 spiro atoms. The molecule has 2 aromatic rings. The minimum absolute atomic E-state index is 0.0281. The first kappa shape index (κ1) is 10.4. The van der Waals surface area contributed by atoms with E-state index >= 15 is 0 Å². The molecule has 3 nitrogen and oxygen atoms in total. The third-order valence-corrected chi connectivity index (χ3v) is 2.92. The van der Waals surface area contributed by atoms with Crippen molar-refractivity contribution >= 4 is 15.9 Å². The molecule has 1 aromatic heterocycles. The molecule has 0 aliphatic heterocycles. The Bertz CT molecular complexity index is 462. The number of hydrogen-bond acceptors (Lipinski definition) is 2. The maximum absolute atomic E-state index is 5.87. The Balaban J connectivity index is 2.55. The van der Waals surface area contributed by atoms with Crippen molar-refractivity contribution in [2.24, 2.45) is 5.73 Å². The Morgan fingerprint density at radius 3 is 2.80 bits per heavy atom. The van der Waals surface area contributed by atoms with E-state index in [0.717, 1.165) is 15.9 Å². The molecule has 0 bridgehead atoms. The second-order valence-electron chi connectivity index (χ2n) is 3.43. The van der Waals surface area contributed by atoms with Crippen molar-refractivity contribution in [3.8, 4) is 5.69 Å². The van der Waals surface area contributed by atoms with Gasteiger partial charge in [-0.2, -0.15) is 0 Å². The molecule has 0 amide bonds. The van der Waals surface area contributed by atoms with Crippen LogP contribution in [0.4, 0.5) is 0 Å². The first-order valence-electron chi connectivity index (χ1n) is 4.73. The monoisotopic (exact) mass is 265 g/mol. The highest BCUT2D eigenvalue weighted by Gasteiger charge is 2.09. The minimum Gasteiger partial charge on any atom is -0.323 e. The SMILES string of the molecule is C[C@H](N)c1cncn1-c1ccccc1Br. The number of halogens is 1. The smallest absolute Gasteiger partial charge is 0.0995 e. The van der Waals surface area contributed by atoms with Gasteiger partial charge in [0.05, 0.1) is 23.9 Å². The van der Waals surface area contributed by atoms with Crippen molar-refractivity contribution in [3.63, 3.8) is 0 Å². The van der Waals surface area contributed by atoms with Crippen LogP contribution in [0.15, 0.2) is 41.3 Å². The van der Waals surface area contributed by atoms with Crippen molar-refractivity contribution in [1.29, 1.82) is 0 Å². The zero-order valence-electron chi connectivity index (χ0n) is 8.39. The zero-order chi connectivity index (χ0) is 10.8. The van der Waals surface area contributed by atoms with Gasteiger partial charge in [0.15, 0.2) is 0 Å². The predicted octanol–water partition coefficient (Wildman–Crippen LogP) is 2.65. The van der Waals surface area contributed by atoms with Crippen LogP contribution in [0.2, 0.25) is 0 Å². The van der Waals surface area contributed by atoms with E-state index in [-0.39, 0.29) is 6.04 Å². The summed E-state index contributed by atoms with van der Waals surface area (Å²) in [6, 6.07) is 7.97. The van der Waals surface area contributed by atoms with E-state index in [1.807, 2.05) is 35.8 Å². The first-order valence-corrected chi connectivity index (χ1v) is 5.52. The number of hydrogen-bond donors (Lipinski definition) is 1. The van der Waals surface area contributed by atoms with E-state index in [9.17, 15) is 0 Å². The molecule has 0 aliphatic carbocycles. The predicted molar refractivity (Wildman–Crippen MR) is 63.9 cm³/mol. The number of para-hydroxylation sites is 1. The molecule has 1 aromatic carbocycles. The van der Waals surface area contributed by atoms with Gasteiger partial charge in [-0.15, -0.1) is 0 Å². The molecular weight excluding hydrogens is 254 g/mol. The fourth-order valence-corrected chi connectivity index (χ4v) is 1.97. The second kappa shape index (κ2) is 4.16. The third kappa shape index (κ3) is 1.96. The number of benzene rings is 1. The van der Waals surface area contributed by atoms with Crippen LogP contribution in [-0.4, -0.2) is 9.55 Å². The Morgan fingerprint density at radius 1 is 1.40 bits per heavy atom. The molecule has 2 rings (SSSR count). The van der Waals surface area contributed by atoms with Crippen LogP contribution in [0, 0.1) is 0 Å². The van der Waals surface area contributed by atoms with Gasteiger partial charge < -0.3 is 10.3 Å². The third-order valence-electron chi connectivity index (χ3n) is 2.25. The van der Waals surface area contributed by atoms with Crippen LogP contribution in [0.5, 0.6) is 0 Å². The zero-order valence-corrected chi connectivity index (χ0v) is 9.98. The average molecular weight is 266 g/mol. The quantitative estimate of drug-likeness (QED) is 0.908. The number of nitrogens with zero attached hydrogens (tertiary/aromatic N) is 2. The lowest BCUT2D eigenvalue weighted by Gasteiger charge is -2.11. The molecule has 1 atom stereocenters. The average Bonchev–Trinajstić information content (AvgIpc) is 2.67. The molecule has 15 heavy (non-hydrogen) atoms. The first-order chi connectivity index (χ1) is 7.20. The maximum Gasteiger partial charge on any atom is 0.0995 e. The van der Waals surface area contributed by atoms with E-state index in [1.165, 1.54) is 0 Å². The van der Waals surface area contributed by atoms with Gasteiger partial charge in [0, 0.05) is 10.5 Å². The van der Waals surface area contributed by atoms with Gasteiger partial charge in [0.25, 0.3) is 0 Å². The fourth-order valence-electron chi connectivity index (χ4n) is 1.49. The number of nitrogens with two attached hydrogens (primary N) is 1. The van der Waals surface area contributed by atoms with Gasteiger partial charge in [-0.25, -0.2) is 4.98 Å². The van der Waals surface area contributed by atoms with Gasteiger partial charge in [-0.1, -0.05) is 12.1 Å². The van der Waals surface area contributed by atoms with E-state index in [1.54, 1.807) is 12.5 Å². The summed E-state index contributed by atoms with van der Waals surface area (Å²) < 4.78 is 3.03. The molecule has 2 N–H and O–H groups in total. The topological polar surface area (TPSA) is 43.8 Å². The summed E-state index contributed by atoms with van der Waals surface area (Å²) in [5.74, 6) is 0. The Labute approximate surface area is 97.1 Å². The molecule has 78 valence electrons. The highest BCUT2D eigenvalue weighted by molar-refractivity contribution is 9.10. The normalized spacial score (nSPS) is 12.7. The summed E-state index contributed by atoms with van der Waals surface area (Å²) >= 11 is 3.51. The lowest BCUT2D eigenvalue weighted by molar-refractivity contribution is 0.751. The van der Waals surface area contributed by atoms with Gasteiger partial charge in [-0.05, 0) is 35.0 Å². The maximum atomic E-state index is 5.87. The van der Waals surface area contributed by atoms with Gasteiger partial charge >= 0.3 is 0 Å². The van der Waals surface area contributed by atoms with Crippen LogP contribution < -0.4 is 5.73 Å². The fraction of sp³-hybridized carbons (Fsp3) is 0.182. The van der Waals surface area contributed by atoms with Crippen molar-refractivity contribution in [3.05, 3.63) is 47.0 Å². The molecule has 0 fully saturated rings. The van der Waals surface area contributed by atoms with Crippen LogP contribution >= 0.6 is 15.9 Å². The van der Waals surface area contributed by atoms with Crippen molar-refractivity contribution in [2.75, 3.05) is 0 Å². The second-order valence-corrected chi connectivity index (χ2v) is 4.28. The van der Waals surface area contributed by atoms with E-state index in [2.05, 4.69) is 20.9 Å². The summed E-state index contributed by atoms with van der Waals surface area (Å²) in [5.41, 5.74) is 7.93. The van der Waals surface area contributed by atoms with Crippen LogP contribution in [-0.2, 0) is 0 Å². The standard InChI is InChI=1S/C11H12BrN3/c1-8(13)11-6-14-7-15(11)10-5-3-2-4-9(10)12/h2-8H,13H2,1H3/t8-/m0/s1. The number of imidazole rings is 1. The Kier molecular flexibility index (Phi) is 2.88. The summed E-state index contributed by atoms with van der Waals surface area (Å²) in [7, 11) is 0. The molecule has 4 heteroatoms. The summed E-state index contributed by atoms with van der Waals surface area (Å²) in [5, 5.41) is 0. The molecule has 1 heterocycles. The lowest BCUT2D eigenvalue weighted by Crippen LogP contribution is -2.10. The van der Waals surface area contributed by atoms with E-state index in [0.29, 0.717) is 0 Å². The molecule has 0 saturated heterocycles. The van der Waals surface area contributed by atoms with E-state index < -0.39 is 0 Å². The summed E-state index contributed by atoms with van der Waals surface area (Å²) in [4.78, 5) is 4.12. The van der Waals surface area contributed by atoms with Gasteiger partial charge in [0.2, 0.25) is 0 Å². The van der Waals surface area contributed by atoms with Crippen molar-refractivity contribution in [2.45, 2.75) is 13.0 Å². The Morgan fingerprint density at radius 2 is 2.13 bits per heavy atom. The van der Waals surface area contributed by atoms with Gasteiger partial charge in [0.1, 0.15) is 0 Å². The molecule has 0 saturated carbocycles. The lowest BCUT2D eigenvalue weighted by atomic mass is 10.2. The van der Waals surface area contributed by atoms with Crippen LogP contribution in [0.1, 0.15) is 18.7 Å². The summed E-state index contributed by atoms with van der Waals surface area (Å²) in [6.45, 7) is 1.95. The van der Waals surface area contributed by atoms with E-state index in [4.69, 9.17) is 5.73 Å². The minimum atomic E-state index is -0.0281. The molecule has 0 unspecified atom stereocenters. The number of aromatic nitrogens is 2. The largest absolute Gasteiger partial charge is 0.323 e. The molecule has 0 aliphatic rings. The number of rotatable bonds is 2. The summed E-state index contributed by atoms with van der Waals surface area (Å²) in [6.07, 6.45) is 3.57. The van der Waals surface area contributed by atoms with Crippen molar-refractivity contribution < 1.29 is 0 Å².